The molecule has 0 bridgehead atoms. The third kappa shape index (κ3) is 5.90. The van der Waals surface area contributed by atoms with Gasteiger partial charge in [-0.15, -0.1) is 0 Å². The number of alkyl carbamates (subject to hydrolysis) is 1. The fourth-order valence-corrected chi connectivity index (χ4v) is 1.59. The highest BCUT2D eigenvalue weighted by Gasteiger charge is 2.21. The second-order valence-corrected chi connectivity index (χ2v) is 5.28. The molecule has 0 aliphatic carbocycles. The zero-order valence-corrected chi connectivity index (χ0v) is 11.5. The van der Waals surface area contributed by atoms with Crippen LogP contribution in [0.15, 0.2) is 30.3 Å². The minimum absolute atomic E-state index is 0.0310. The maximum absolute atomic E-state index is 11.7. The van der Waals surface area contributed by atoms with E-state index >= 15 is 0 Å². The fraction of sp³-hybridized carbons (Fsp3) is 0.429. The van der Waals surface area contributed by atoms with Gasteiger partial charge in [0.1, 0.15) is 5.60 Å². The molecule has 19 heavy (non-hydrogen) atoms. The molecule has 0 saturated carbocycles. The van der Waals surface area contributed by atoms with Gasteiger partial charge >= 0.3 is 6.09 Å². The van der Waals surface area contributed by atoms with Crippen LogP contribution in [0.4, 0.5) is 4.79 Å². The third-order valence-corrected chi connectivity index (χ3v) is 2.30. The molecule has 2 amide bonds. The number of amides is 2. The van der Waals surface area contributed by atoms with Crippen LogP contribution < -0.4 is 11.1 Å². The smallest absolute Gasteiger partial charge is 0.408 e. The minimum atomic E-state index is -0.585. The van der Waals surface area contributed by atoms with E-state index in [-0.39, 0.29) is 6.42 Å². The summed E-state index contributed by atoms with van der Waals surface area (Å²) in [6.45, 7) is 5.33. The summed E-state index contributed by atoms with van der Waals surface area (Å²) < 4.78 is 5.17. The van der Waals surface area contributed by atoms with Crippen molar-refractivity contribution < 1.29 is 14.3 Å². The van der Waals surface area contributed by atoms with Crippen LogP contribution in [0.3, 0.4) is 0 Å². The van der Waals surface area contributed by atoms with Crippen molar-refractivity contribution in [1.29, 1.82) is 0 Å². The van der Waals surface area contributed by atoms with Crippen molar-refractivity contribution in [3.63, 3.8) is 0 Å². The first-order chi connectivity index (χ1) is 8.78. The van der Waals surface area contributed by atoms with E-state index in [9.17, 15) is 9.59 Å². The average Bonchev–Trinajstić information content (AvgIpc) is 2.26. The molecule has 0 fully saturated rings. The number of benzene rings is 1. The van der Waals surface area contributed by atoms with E-state index in [1.807, 2.05) is 30.3 Å². The van der Waals surface area contributed by atoms with Crippen molar-refractivity contribution >= 4 is 12.0 Å². The summed E-state index contributed by atoms with van der Waals surface area (Å²) in [6, 6.07) is 8.70. The quantitative estimate of drug-likeness (QED) is 0.874. The van der Waals surface area contributed by atoms with Crippen LogP contribution >= 0.6 is 0 Å². The Hall–Kier alpha value is -2.04. The lowest BCUT2D eigenvalue weighted by Gasteiger charge is -2.23. The normalized spacial score (nSPS) is 12.6. The molecule has 0 aliphatic heterocycles. The predicted octanol–water partition coefficient (Wildman–Crippen LogP) is 2.13. The number of primary amides is 1. The monoisotopic (exact) mass is 264 g/mol. The molecule has 0 unspecified atom stereocenters. The molecule has 3 N–H and O–H groups in total. The molecule has 5 heteroatoms. The van der Waals surface area contributed by atoms with Crippen molar-refractivity contribution in [2.75, 3.05) is 0 Å². The van der Waals surface area contributed by atoms with Gasteiger partial charge < -0.3 is 15.8 Å². The Morgan fingerprint density at radius 2 is 1.84 bits per heavy atom. The van der Waals surface area contributed by atoms with Crippen LogP contribution in [0.5, 0.6) is 0 Å². The molecule has 1 aromatic carbocycles. The second-order valence-electron chi connectivity index (χ2n) is 5.28. The molecule has 1 rings (SSSR count). The number of ether oxygens (including phenoxy) is 1. The van der Waals surface area contributed by atoms with Gasteiger partial charge in [0.25, 0.3) is 0 Å². The summed E-state index contributed by atoms with van der Waals surface area (Å²) in [6.07, 6.45) is -0.536. The van der Waals surface area contributed by atoms with E-state index in [2.05, 4.69) is 5.32 Å². The van der Waals surface area contributed by atoms with E-state index in [0.717, 1.165) is 5.56 Å². The highest BCUT2D eigenvalue weighted by atomic mass is 16.6. The maximum atomic E-state index is 11.7. The molecule has 0 saturated heterocycles. The highest BCUT2D eigenvalue weighted by molar-refractivity contribution is 5.76. The van der Waals surface area contributed by atoms with Crippen molar-refractivity contribution in [2.45, 2.75) is 38.8 Å². The van der Waals surface area contributed by atoms with Gasteiger partial charge in [-0.25, -0.2) is 4.79 Å². The first kappa shape index (κ1) is 15.0. The van der Waals surface area contributed by atoms with Crippen molar-refractivity contribution in [3.05, 3.63) is 35.9 Å². The van der Waals surface area contributed by atoms with Crippen molar-refractivity contribution in [2.24, 2.45) is 5.73 Å². The summed E-state index contributed by atoms with van der Waals surface area (Å²) in [7, 11) is 0. The summed E-state index contributed by atoms with van der Waals surface area (Å²) >= 11 is 0. The molecule has 0 aromatic heterocycles. The van der Waals surface area contributed by atoms with Crippen molar-refractivity contribution in [1.82, 2.24) is 5.32 Å². The minimum Gasteiger partial charge on any atom is -0.444 e. The van der Waals surface area contributed by atoms with Crippen LogP contribution in [0, 0.1) is 0 Å². The molecule has 0 heterocycles. The Morgan fingerprint density at radius 1 is 1.26 bits per heavy atom. The second kappa shape index (κ2) is 6.22. The van der Waals surface area contributed by atoms with Gasteiger partial charge in [0.15, 0.2) is 0 Å². The molecule has 0 radical (unpaired) electrons. The van der Waals surface area contributed by atoms with Crippen LogP contribution in [-0.4, -0.2) is 17.6 Å². The first-order valence-corrected chi connectivity index (χ1v) is 6.11. The number of rotatable bonds is 4. The largest absolute Gasteiger partial charge is 0.444 e. The SMILES string of the molecule is CC(C)(C)OC(=O)N[C@H](CC(N)=O)c1ccccc1. The highest BCUT2D eigenvalue weighted by Crippen LogP contribution is 2.17. The number of hydrogen-bond donors (Lipinski definition) is 2. The molecule has 1 atom stereocenters. The Kier molecular flexibility index (Phi) is 4.92. The van der Waals surface area contributed by atoms with Crippen LogP contribution in [0.25, 0.3) is 0 Å². The van der Waals surface area contributed by atoms with E-state index in [1.165, 1.54) is 0 Å². The van der Waals surface area contributed by atoms with Gasteiger partial charge in [0, 0.05) is 0 Å². The number of carbonyl (C=O) groups excluding carboxylic acids is 2. The zero-order valence-electron chi connectivity index (χ0n) is 11.5. The first-order valence-electron chi connectivity index (χ1n) is 6.11. The summed E-state index contributed by atoms with van der Waals surface area (Å²) in [5.41, 5.74) is 5.43. The number of nitrogens with one attached hydrogen (secondary N) is 1. The van der Waals surface area contributed by atoms with Crippen LogP contribution in [0.2, 0.25) is 0 Å². The van der Waals surface area contributed by atoms with E-state index in [4.69, 9.17) is 10.5 Å². The molecule has 5 nitrogen and oxygen atoms in total. The number of hydrogen-bond acceptors (Lipinski definition) is 3. The Morgan fingerprint density at radius 3 is 2.32 bits per heavy atom. The standard InChI is InChI=1S/C14H20N2O3/c1-14(2,3)19-13(18)16-11(9-12(15)17)10-7-5-4-6-8-10/h4-8,11H,9H2,1-3H3,(H2,15,17)(H,16,18)/t11-/m1/s1. The lowest BCUT2D eigenvalue weighted by atomic mass is 10.0. The van der Waals surface area contributed by atoms with Crippen LogP contribution in [-0.2, 0) is 9.53 Å². The summed E-state index contributed by atoms with van der Waals surface area (Å²) in [5, 5.41) is 2.66. The number of carbonyl (C=O) groups is 2. The van der Waals surface area contributed by atoms with Gasteiger partial charge in [0.2, 0.25) is 5.91 Å². The Balaban J connectivity index is 2.76. The fourth-order valence-electron chi connectivity index (χ4n) is 1.59. The topological polar surface area (TPSA) is 81.4 Å². The van der Waals surface area contributed by atoms with Gasteiger partial charge in [0.05, 0.1) is 12.5 Å². The van der Waals surface area contributed by atoms with Gasteiger partial charge in [-0.3, -0.25) is 4.79 Å². The lowest BCUT2D eigenvalue weighted by Crippen LogP contribution is -2.36. The molecule has 1 aromatic rings. The Labute approximate surface area is 113 Å². The summed E-state index contributed by atoms with van der Waals surface area (Å²) in [4.78, 5) is 22.8. The van der Waals surface area contributed by atoms with Gasteiger partial charge in [-0.05, 0) is 26.3 Å². The molecular weight excluding hydrogens is 244 g/mol. The van der Waals surface area contributed by atoms with Crippen molar-refractivity contribution in [3.8, 4) is 0 Å². The van der Waals surface area contributed by atoms with Crippen LogP contribution in [0.1, 0.15) is 38.8 Å². The van der Waals surface area contributed by atoms with E-state index in [0.29, 0.717) is 0 Å². The zero-order chi connectivity index (χ0) is 14.5. The van der Waals surface area contributed by atoms with Gasteiger partial charge in [-0.2, -0.15) is 0 Å². The van der Waals surface area contributed by atoms with Gasteiger partial charge in [-0.1, -0.05) is 30.3 Å². The van der Waals surface area contributed by atoms with E-state index in [1.54, 1.807) is 20.8 Å². The molecular formula is C14H20N2O3. The maximum Gasteiger partial charge on any atom is 0.408 e. The predicted molar refractivity (Wildman–Crippen MR) is 72.4 cm³/mol. The molecule has 0 aliphatic rings. The average molecular weight is 264 g/mol. The molecule has 104 valence electrons. The summed E-state index contributed by atoms with van der Waals surface area (Å²) in [5.74, 6) is -0.482. The third-order valence-electron chi connectivity index (χ3n) is 2.30. The molecule has 0 spiro atoms. The lowest BCUT2D eigenvalue weighted by molar-refractivity contribution is -0.118. The Bertz CT molecular complexity index is 438. The van der Waals surface area contributed by atoms with E-state index < -0.39 is 23.6 Å². The number of nitrogens with two attached hydrogens (primary N) is 1.